The second-order valence-corrected chi connectivity index (χ2v) is 5.97. The lowest BCUT2D eigenvalue weighted by atomic mass is 10.1. The first-order valence-corrected chi connectivity index (χ1v) is 7.90. The molecule has 0 bridgehead atoms. The van der Waals surface area contributed by atoms with E-state index >= 15 is 0 Å². The van der Waals surface area contributed by atoms with Crippen LogP contribution in [0.25, 0.3) is 0 Å². The second-order valence-electron chi connectivity index (χ2n) is 5.97. The topological polar surface area (TPSA) is 75.9 Å². The fourth-order valence-corrected chi connectivity index (χ4v) is 2.37. The lowest BCUT2D eigenvalue weighted by Crippen LogP contribution is -2.27. The minimum Gasteiger partial charge on any atom is -0.483 e. The lowest BCUT2D eigenvalue weighted by molar-refractivity contribution is -0.119. The number of anilines is 1. The molecular formula is C19H23N3O3. The molecule has 0 unspecified atom stereocenters. The fraction of sp³-hybridized carbons (Fsp3) is 0.263. The van der Waals surface area contributed by atoms with Gasteiger partial charge < -0.3 is 20.3 Å². The van der Waals surface area contributed by atoms with E-state index < -0.39 is 5.91 Å². The van der Waals surface area contributed by atoms with Gasteiger partial charge in [-0.05, 0) is 29.8 Å². The zero-order chi connectivity index (χ0) is 18.4. The molecule has 2 N–H and O–H groups in total. The van der Waals surface area contributed by atoms with E-state index in [9.17, 15) is 9.59 Å². The van der Waals surface area contributed by atoms with E-state index in [1.165, 1.54) is 0 Å². The van der Waals surface area contributed by atoms with Gasteiger partial charge in [0.15, 0.2) is 6.61 Å². The van der Waals surface area contributed by atoms with E-state index in [-0.39, 0.29) is 12.5 Å². The summed E-state index contributed by atoms with van der Waals surface area (Å²) >= 11 is 0. The van der Waals surface area contributed by atoms with E-state index in [0.717, 1.165) is 11.3 Å². The SMILES string of the molecule is CN(Cc1ccc(N(C)C)cc1)C(=O)c1ccccc1OCC(N)=O. The third kappa shape index (κ3) is 4.97. The van der Waals surface area contributed by atoms with Gasteiger partial charge in [-0.25, -0.2) is 0 Å². The molecule has 0 radical (unpaired) electrons. The highest BCUT2D eigenvalue weighted by molar-refractivity contribution is 5.96. The number of hydrogen-bond donors (Lipinski definition) is 1. The Morgan fingerprint density at radius 1 is 1.00 bits per heavy atom. The van der Waals surface area contributed by atoms with Gasteiger partial charge in [0, 0.05) is 33.4 Å². The number of rotatable bonds is 7. The van der Waals surface area contributed by atoms with E-state index in [0.29, 0.717) is 17.9 Å². The average molecular weight is 341 g/mol. The third-order valence-corrected chi connectivity index (χ3v) is 3.71. The predicted molar refractivity (Wildman–Crippen MR) is 97.7 cm³/mol. The van der Waals surface area contributed by atoms with Gasteiger partial charge in [-0.1, -0.05) is 24.3 Å². The maximum Gasteiger partial charge on any atom is 0.257 e. The minimum atomic E-state index is -0.586. The molecule has 0 atom stereocenters. The average Bonchev–Trinajstić information content (AvgIpc) is 2.60. The molecule has 2 rings (SSSR count). The Bertz CT molecular complexity index is 742. The third-order valence-electron chi connectivity index (χ3n) is 3.71. The van der Waals surface area contributed by atoms with Crippen molar-refractivity contribution in [2.45, 2.75) is 6.54 Å². The summed E-state index contributed by atoms with van der Waals surface area (Å²) in [4.78, 5) is 27.2. The van der Waals surface area contributed by atoms with E-state index in [4.69, 9.17) is 10.5 Å². The molecule has 0 aromatic heterocycles. The first-order chi connectivity index (χ1) is 11.9. The highest BCUT2D eigenvalue weighted by Crippen LogP contribution is 2.21. The summed E-state index contributed by atoms with van der Waals surface area (Å²) < 4.78 is 5.33. The molecule has 2 aromatic rings. The molecule has 6 heteroatoms. The number of carbonyl (C=O) groups excluding carboxylic acids is 2. The number of ether oxygens (including phenoxy) is 1. The van der Waals surface area contributed by atoms with Crippen LogP contribution in [0.2, 0.25) is 0 Å². The molecule has 0 aliphatic heterocycles. The maximum absolute atomic E-state index is 12.7. The standard InChI is InChI=1S/C19H23N3O3/c1-21(2)15-10-8-14(9-11-15)12-22(3)19(24)16-6-4-5-7-17(16)25-13-18(20)23/h4-11H,12-13H2,1-3H3,(H2,20,23). The summed E-state index contributed by atoms with van der Waals surface area (Å²) in [6.45, 7) is 0.205. The molecule has 0 aliphatic rings. The van der Waals surface area contributed by atoms with Gasteiger partial charge in [0.1, 0.15) is 5.75 Å². The van der Waals surface area contributed by atoms with Crippen molar-refractivity contribution in [2.75, 3.05) is 32.6 Å². The molecule has 0 heterocycles. The van der Waals surface area contributed by atoms with Gasteiger partial charge in [-0.15, -0.1) is 0 Å². The molecule has 132 valence electrons. The fourth-order valence-electron chi connectivity index (χ4n) is 2.37. The summed E-state index contributed by atoms with van der Waals surface area (Å²) in [6.07, 6.45) is 0. The highest BCUT2D eigenvalue weighted by Gasteiger charge is 2.17. The monoisotopic (exact) mass is 341 g/mol. The van der Waals surface area contributed by atoms with Crippen molar-refractivity contribution >= 4 is 17.5 Å². The van der Waals surface area contributed by atoms with Crippen LogP contribution in [-0.4, -0.2) is 44.5 Å². The van der Waals surface area contributed by atoms with Crippen molar-refractivity contribution in [1.82, 2.24) is 4.90 Å². The van der Waals surface area contributed by atoms with Crippen molar-refractivity contribution in [3.8, 4) is 5.75 Å². The summed E-state index contributed by atoms with van der Waals surface area (Å²) in [5.41, 5.74) is 7.62. The van der Waals surface area contributed by atoms with Crippen molar-refractivity contribution in [2.24, 2.45) is 5.73 Å². The molecule has 25 heavy (non-hydrogen) atoms. The van der Waals surface area contributed by atoms with Crippen molar-refractivity contribution in [3.05, 3.63) is 59.7 Å². The number of carbonyl (C=O) groups is 2. The molecular weight excluding hydrogens is 318 g/mol. The first kappa shape index (κ1) is 18.3. The number of primary amides is 1. The Morgan fingerprint density at radius 2 is 1.64 bits per heavy atom. The molecule has 0 saturated heterocycles. The minimum absolute atomic E-state index is 0.184. The summed E-state index contributed by atoms with van der Waals surface area (Å²) in [5, 5.41) is 0. The van der Waals surface area contributed by atoms with Gasteiger partial charge in [0.2, 0.25) is 0 Å². The number of hydrogen-bond acceptors (Lipinski definition) is 4. The van der Waals surface area contributed by atoms with Crippen LogP contribution in [0.4, 0.5) is 5.69 Å². The maximum atomic E-state index is 12.7. The van der Waals surface area contributed by atoms with Crippen molar-refractivity contribution < 1.29 is 14.3 Å². The van der Waals surface area contributed by atoms with Crippen LogP contribution < -0.4 is 15.4 Å². The smallest absolute Gasteiger partial charge is 0.257 e. The Balaban J connectivity index is 2.10. The Hall–Kier alpha value is -3.02. The zero-order valence-electron chi connectivity index (χ0n) is 14.7. The normalized spacial score (nSPS) is 10.2. The largest absolute Gasteiger partial charge is 0.483 e. The molecule has 0 fully saturated rings. The van der Waals surface area contributed by atoms with Crippen LogP contribution in [0.5, 0.6) is 5.75 Å². The van der Waals surface area contributed by atoms with E-state index in [1.807, 2.05) is 43.3 Å². The lowest BCUT2D eigenvalue weighted by Gasteiger charge is -2.20. The molecule has 6 nitrogen and oxygen atoms in total. The zero-order valence-corrected chi connectivity index (χ0v) is 14.7. The van der Waals surface area contributed by atoms with Crippen LogP contribution in [0.15, 0.2) is 48.5 Å². The molecule has 2 amide bonds. The van der Waals surface area contributed by atoms with Gasteiger partial charge in [0.25, 0.3) is 11.8 Å². The van der Waals surface area contributed by atoms with Crippen LogP contribution in [0, 0.1) is 0 Å². The van der Waals surface area contributed by atoms with Gasteiger partial charge in [-0.2, -0.15) is 0 Å². The predicted octanol–water partition coefficient (Wildman–Crippen LogP) is 1.89. The van der Waals surface area contributed by atoms with Gasteiger partial charge >= 0.3 is 0 Å². The van der Waals surface area contributed by atoms with E-state index in [2.05, 4.69) is 0 Å². The first-order valence-electron chi connectivity index (χ1n) is 7.90. The number of amides is 2. The van der Waals surface area contributed by atoms with Crippen molar-refractivity contribution in [1.29, 1.82) is 0 Å². The van der Waals surface area contributed by atoms with Gasteiger partial charge in [-0.3, -0.25) is 9.59 Å². The molecule has 0 aliphatic carbocycles. The summed E-state index contributed by atoms with van der Waals surface area (Å²) in [7, 11) is 5.69. The quantitative estimate of drug-likeness (QED) is 0.834. The number of para-hydroxylation sites is 1. The summed E-state index contributed by atoms with van der Waals surface area (Å²) in [6, 6.07) is 14.8. The number of nitrogens with two attached hydrogens (primary N) is 1. The van der Waals surface area contributed by atoms with Crippen LogP contribution in [0.3, 0.4) is 0 Å². The van der Waals surface area contributed by atoms with Crippen molar-refractivity contribution in [3.63, 3.8) is 0 Å². The molecule has 0 saturated carbocycles. The van der Waals surface area contributed by atoms with E-state index in [1.54, 1.807) is 36.2 Å². The molecule has 2 aromatic carbocycles. The Morgan fingerprint density at radius 3 is 2.24 bits per heavy atom. The Labute approximate surface area is 147 Å². The number of benzene rings is 2. The summed E-state index contributed by atoms with van der Waals surface area (Å²) in [5.74, 6) is -0.422. The van der Waals surface area contributed by atoms with Gasteiger partial charge in [0.05, 0.1) is 5.56 Å². The van der Waals surface area contributed by atoms with Crippen LogP contribution >= 0.6 is 0 Å². The van der Waals surface area contributed by atoms with Crippen LogP contribution in [0.1, 0.15) is 15.9 Å². The Kier molecular flexibility index (Phi) is 6.00. The van der Waals surface area contributed by atoms with Crippen LogP contribution in [-0.2, 0) is 11.3 Å². The highest BCUT2D eigenvalue weighted by atomic mass is 16.5. The molecule has 0 spiro atoms. The number of nitrogens with zero attached hydrogens (tertiary/aromatic N) is 2. The second kappa shape index (κ2) is 8.19.